The normalized spacial score (nSPS) is 19.6. The van der Waals surface area contributed by atoms with Crippen molar-refractivity contribution in [3.05, 3.63) is 29.8 Å². The van der Waals surface area contributed by atoms with Crippen LogP contribution >= 0.6 is 0 Å². The molecule has 1 unspecified atom stereocenters. The molecule has 0 saturated carbocycles. The van der Waals surface area contributed by atoms with E-state index in [0.29, 0.717) is 12.1 Å². The number of sulfonamides is 1. The highest BCUT2D eigenvalue weighted by Crippen LogP contribution is 2.21. The highest BCUT2D eigenvalue weighted by Gasteiger charge is 2.34. The summed E-state index contributed by atoms with van der Waals surface area (Å²) in [5.41, 5.74) is 1.48. The molecule has 1 atom stereocenters. The van der Waals surface area contributed by atoms with E-state index in [9.17, 15) is 21.6 Å². The van der Waals surface area contributed by atoms with E-state index >= 15 is 0 Å². The molecule has 2 rings (SSSR count). The molecule has 7 nitrogen and oxygen atoms in total. The minimum atomic E-state index is -3.64. The van der Waals surface area contributed by atoms with Gasteiger partial charge in [0.15, 0.2) is 9.84 Å². The van der Waals surface area contributed by atoms with Crippen LogP contribution in [0.5, 0.6) is 0 Å². The van der Waals surface area contributed by atoms with Crippen molar-refractivity contribution < 1.29 is 21.6 Å². The minimum absolute atomic E-state index is 0.0591. The molecule has 1 fully saturated rings. The molecule has 1 aromatic carbocycles. The molecular weight excluding hydrogens is 364 g/mol. The number of rotatable bonds is 6. The van der Waals surface area contributed by atoms with Gasteiger partial charge < -0.3 is 4.90 Å². The summed E-state index contributed by atoms with van der Waals surface area (Å²) in [5.74, 6) is -0.435. The second kappa shape index (κ2) is 7.33. The molecule has 1 amide bonds. The van der Waals surface area contributed by atoms with E-state index in [1.165, 1.54) is 11.9 Å². The van der Waals surface area contributed by atoms with Gasteiger partial charge in [-0.2, -0.15) is 0 Å². The van der Waals surface area contributed by atoms with E-state index in [2.05, 4.69) is 0 Å². The van der Waals surface area contributed by atoms with Gasteiger partial charge in [0.1, 0.15) is 6.54 Å². The number of aryl methyl sites for hydroxylation is 1. The van der Waals surface area contributed by atoms with E-state index in [1.54, 1.807) is 12.1 Å². The molecule has 1 aliphatic heterocycles. The standard InChI is InChI=1S/C16H24N2O5S2/c1-4-13-5-7-14(8-6-13)18(24(3,20)21)11-16(19)17(2)15-9-10-25(22,23)12-15/h5-8,15H,4,9-12H2,1-3H3. The first kappa shape index (κ1) is 19.7. The van der Waals surface area contributed by atoms with Crippen molar-refractivity contribution in [2.75, 3.05) is 35.7 Å². The van der Waals surface area contributed by atoms with Crippen molar-refractivity contribution in [2.24, 2.45) is 0 Å². The number of hydrogen-bond acceptors (Lipinski definition) is 5. The third-order valence-electron chi connectivity index (χ3n) is 4.46. The average molecular weight is 389 g/mol. The highest BCUT2D eigenvalue weighted by atomic mass is 32.2. The van der Waals surface area contributed by atoms with Crippen molar-refractivity contribution in [2.45, 2.75) is 25.8 Å². The lowest BCUT2D eigenvalue weighted by Gasteiger charge is -2.28. The van der Waals surface area contributed by atoms with Crippen LogP contribution in [0.4, 0.5) is 5.69 Å². The molecule has 1 aromatic rings. The molecule has 0 spiro atoms. The van der Waals surface area contributed by atoms with E-state index in [0.717, 1.165) is 22.5 Å². The third-order valence-corrected chi connectivity index (χ3v) is 7.35. The van der Waals surface area contributed by atoms with Gasteiger partial charge in [-0.25, -0.2) is 16.8 Å². The predicted molar refractivity (Wildman–Crippen MR) is 97.8 cm³/mol. The number of hydrogen-bond donors (Lipinski definition) is 0. The Morgan fingerprint density at radius 3 is 2.28 bits per heavy atom. The third kappa shape index (κ3) is 4.94. The SMILES string of the molecule is CCc1ccc(N(CC(=O)N(C)C2CCS(=O)(=O)C2)S(C)(=O)=O)cc1. The van der Waals surface area contributed by atoms with Crippen molar-refractivity contribution in [3.8, 4) is 0 Å². The van der Waals surface area contributed by atoms with Gasteiger partial charge in [0, 0.05) is 13.1 Å². The number of nitrogens with zero attached hydrogens (tertiary/aromatic N) is 2. The lowest BCUT2D eigenvalue weighted by Crippen LogP contribution is -2.45. The van der Waals surface area contributed by atoms with Crippen molar-refractivity contribution in [1.29, 1.82) is 0 Å². The molecule has 0 N–H and O–H groups in total. The Bertz CT molecular complexity index is 832. The first-order valence-corrected chi connectivity index (χ1v) is 11.7. The molecule has 0 bridgehead atoms. The topological polar surface area (TPSA) is 91.8 Å². The Morgan fingerprint density at radius 2 is 1.84 bits per heavy atom. The van der Waals surface area contributed by atoms with Gasteiger partial charge in [0.25, 0.3) is 0 Å². The monoisotopic (exact) mass is 388 g/mol. The summed E-state index contributed by atoms with van der Waals surface area (Å²) in [6, 6.07) is 6.60. The maximum atomic E-state index is 12.5. The lowest BCUT2D eigenvalue weighted by atomic mass is 10.1. The molecule has 1 saturated heterocycles. The molecule has 9 heteroatoms. The van der Waals surface area contributed by atoms with Crippen LogP contribution in [-0.2, 0) is 31.1 Å². The second-order valence-corrected chi connectivity index (χ2v) is 10.5. The lowest BCUT2D eigenvalue weighted by molar-refractivity contribution is -0.129. The summed E-state index contributed by atoms with van der Waals surface area (Å²) in [4.78, 5) is 13.9. The molecule has 0 aromatic heterocycles. The van der Waals surface area contributed by atoms with E-state index in [4.69, 9.17) is 0 Å². The van der Waals surface area contributed by atoms with Crippen LogP contribution in [0.15, 0.2) is 24.3 Å². The Labute approximate surface area is 149 Å². The quantitative estimate of drug-likeness (QED) is 0.714. The fraction of sp³-hybridized carbons (Fsp3) is 0.562. The van der Waals surface area contributed by atoms with Crippen LogP contribution in [0, 0.1) is 0 Å². The second-order valence-electron chi connectivity index (χ2n) is 6.35. The predicted octanol–water partition coefficient (Wildman–Crippen LogP) is 0.661. The van der Waals surface area contributed by atoms with Gasteiger partial charge in [-0.3, -0.25) is 9.10 Å². The maximum Gasteiger partial charge on any atom is 0.243 e. The number of carbonyl (C=O) groups excluding carboxylic acids is 1. The first-order valence-electron chi connectivity index (χ1n) is 8.06. The molecule has 140 valence electrons. The summed E-state index contributed by atoms with van der Waals surface area (Å²) in [6.45, 7) is 1.65. The number of anilines is 1. The van der Waals surface area contributed by atoms with E-state index < -0.39 is 31.8 Å². The van der Waals surface area contributed by atoms with Crippen LogP contribution < -0.4 is 4.31 Å². The fourth-order valence-electron chi connectivity index (χ4n) is 2.82. The summed E-state index contributed by atoms with van der Waals surface area (Å²) >= 11 is 0. The van der Waals surface area contributed by atoms with Crippen molar-refractivity contribution in [3.63, 3.8) is 0 Å². The van der Waals surface area contributed by atoms with Gasteiger partial charge in [-0.1, -0.05) is 19.1 Å². The summed E-state index contributed by atoms with van der Waals surface area (Å²) in [6.07, 6.45) is 2.26. The van der Waals surface area contributed by atoms with Crippen LogP contribution in [0.2, 0.25) is 0 Å². The Hall–Kier alpha value is -1.61. The molecule has 0 aliphatic carbocycles. The zero-order chi connectivity index (χ0) is 18.8. The van der Waals surface area contributed by atoms with Crippen LogP contribution in [0.3, 0.4) is 0 Å². The summed E-state index contributed by atoms with van der Waals surface area (Å²) < 4.78 is 48.5. The molecule has 25 heavy (non-hydrogen) atoms. The smallest absolute Gasteiger partial charge is 0.243 e. The number of carbonyl (C=O) groups is 1. The highest BCUT2D eigenvalue weighted by molar-refractivity contribution is 7.92. The van der Waals surface area contributed by atoms with Crippen molar-refractivity contribution >= 4 is 31.5 Å². The summed E-state index contributed by atoms with van der Waals surface area (Å²) in [7, 11) is -5.24. The maximum absolute atomic E-state index is 12.5. The molecule has 1 aliphatic rings. The Morgan fingerprint density at radius 1 is 1.24 bits per heavy atom. The number of benzene rings is 1. The Kier molecular flexibility index (Phi) is 5.78. The van der Waals surface area contributed by atoms with Gasteiger partial charge in [0.05, 0.1) is 23.4 Å². The van der Waals surface area contributed by atoms with Crippen LogP contribution in [0.25, 0.3) is 0 Å². The van der Waals surface area contributed by atoms with E-state index in [-0.39, 0.29) is 18.1 Å². The van der Waals surface area contributed by atoms with Gasteiger partial charge >= 0.3 is 0 Å². The average Bonchev–Trinajstić information content (AvgIpc) is 2.90. The molecular formula is C16H24N2O5S2. The zero-order valence-corrected chi connectivity index (χ0v) is 16.3. The first-order chi connectivity index (χ1) is 11.5. The summed E-state index contributed by atoms with van der Waals surface area (Å²) in [5, 5.41) is 0. The van der Waals surface area contributed by atoms with Gasteiger partial charge in [-0.05, 0) is 30.5 Å². The largest absolute Gasteiger partial charge is 0.340 e. The van der Waals surface area contributed by atoms with E-state index in [1.807, 2.05) is 19.1 Å². The molecule has 1 heterocycles. The zero-order valence-electron chi connectivity index (χ0n) is 14.7. The Balaban J connectivity index is 2.18. The van der Waals surface area contributed by atoms with Crippen LogP contribution in [-0.4, -0.2) is 65.0 Å². The van der Waals surface area contributed by atoms with Gasteiger partial charge in [0.2, 0.25) is 15.9 Å². The van der Waals surface area contributed by atoms with Crippen LogP contribution in [0.1, 0.15) is 18.9 Å². The number of likely N-dealkylation sites (N-methyl/N-ethyl adjacent to an activating group) is 1. The number of amides is 1. The number of sulfone groups is 1. The van der Waals surface area contributed by atoms with Crippen molar-refractivity contribution in [1.82, 2.24) is 4.90 Å². The minimum Gasteiger partial charge on any atom is -0.340 e. The van der Waals surface area contributed by atoms with Gasteiger partial charge in [-0.15, -0.1) is 0 Å². The molecule has 0 radical (unpaired) electrons. The fourth-order valence-corrected chi connectivity index (χ4v) is 5.44.